The lowest BCUT2D eigenvalue weighted by atomic mass is 10.1. The van der Waals surface area contributed by atoms with Crippen LogP contribution in [0.15, 0.2) is 30.5 Å². The van der Waals surface area contributed by atoms with Gasteiger partial charge in [0.15, 0.2) is 0 Å². The highest BCUT2D eigenvalue weighted by Gasteiger charge is 2.17. The fourth-order valence-electron chi connectivity index (χ4n) is 2.36. The first-order valence-electron chi connectivity index (χ1n) is 6.26. The molecule has 0 bridgehead atoms. The quantitative estimate of drug-likeness (QED) is 0.866. The molecular formula is C14H16N2O2. The number of hydrogen-bond donors (Lipinski definition) is 2. The third-order valence-corrected chi connectivity index (χ3v) is 3.41. The number of aromatic amines is 1. The minimum atomic E-state index is -0.00731. The van der Waals surface area contributed by atoms with Crippen LogP contribution < -0.4 is 5.32 Å². The maximum atomic E-state index is 12.1. The molecule has 1 fully saturated rings. The first-order chi connectivity index (χ1) is 8.84. The third kappa shape index (κ3) is 2.11. The monoisotopic (exact) mass is 244 g/mol. The molecule has 4 nitrogen and oxygen atoms in total. The van der Waals surface area contributed by atoms with E-state index in [4.69, 9.17) is 4.74 Å². The highest BCUT2D eigenvalue weighted by molar-refractivity contribution is 6.06. The van der Waals surface area contributed by atoms with Crippen LogP contribution in [0.4, 0.5) is 0 Å². The highest BCUT2D eigenvalue weighted by atomic mass is 16.5. The van der Waals surface area contributed by atoms with Crippen molar-refractivity contribution in [1.82, 2.24) is 10.3 Å². The molecule has 1 atom stereocenters. The van der Waals surface area contributed by atoms with Gasteiger partial charge in [-0.05, 0) is 24.6 Å². The molecule has 0 saturated carbocycles. The van der Waals surface area contributed by atoms with Gasteiger partial charge in [0.05, 0.1) is 6.61 Å². The van der Waals surface area contributed by atoms with Gasteiger partial charge in [0.1, 0.15) is 0 Å². The predicted octanol–water partition coefficient (Wildman–Crippen LogP) is 1.93. The van der Waals surface area contributed by atoms with Crippen molar-refractivity contribution in [3.63, 3.8) is 0 Å². The average Bonchev–Trinajstić information content (AvgIpc) is 3.05. The fraction of sp³-hybridized carbons (Fsp3) is 0.357. The molecule has 3 rings (SSSR count). The van der Waals surface area contributed by atoms with Gasteiger partial charge in [-0.1, -0.05) is 6.07 Å². The molecule has 1 aromatic carbocycles. The maximum Gasteiger partial charge on any atom is 0.251 e. The average molecular weight is 244 g/mol. The molecule has 1 saturated heterocycles. The zero-order chi connectivity index (χ0) is 12.4. The number of amides is 1. The zero-order valence-electron chi connectivity index (χ0n) is 10.1. The van der Waals surface area contributed by atoms with E-state index in [1.165, 1.54) is 0 Å². The summed E-state index contributed by atoms with van der Waals surface area (Å²) in [5.74, 6) is 0.450. The zero-order valence-corrected chi connectivity index (χ0v) is 10.1. The lowest BCUT2D eigenvalue weighted by molar-refractivity contribution is 0.0946. The van der Waals surface area contributed by atoms with E-state index in [2.05, 4.69) is 10.3 Å². The second kappa shape index (κ2) is 4.82. The largest absolute Gasteiger partial charge is 0.381 e. The Morgan fingerprint density at radius 2 is 2.39 bits per heavy atom. The molecule has 0 radical (unpaired) electrons. The summed E-state index contributed by atoms with van der Waals surface area (Å²) in [5, 5.41) is 3.96. The number of fused-ring (bicyclic) bond motifs is 1. The minimum absolute atomic E-state index is 0.00731. The highest BCUT2D eigenvalue weighted by Crippen LogP contribution is 2.17. The van der Waals surface area contributed by atoms with Gasteiger partial charge in [0, 0.05) is 41.7 Å². The summed E-state index contributed by atoms with van der Waals surface area (Å²) in [6.07, 6.45) is 2.89. The summed E-state index contributed by atoms with van der Waals surface area (Å²) >= 11 is 0. The van der Waals surface area contributed by atoms with Crippen LogP contribution in [0.5, 0.6) is 0 Å². The van der Waals surface area contributed by atoms with E-state index in [1.807, 2.05) is 30.5 Å². The van der Waals surface area contributed by atoms with Gasteiger partial charge in [-0.25, -0.2) is 0 Å². The van der Waals surface area contributed by atoms with E-state index in [9.17, 15) is 4.79 Å². The van der Waals surface area contributed by atoms with Crippen LogP contribution in [0.1, 0.15) is 16.8 Å². The van der Waals surface area contributed by atoms with Gasteiger partial charge in [-0.15, -0.1) is 0 Å². The Balaban J connectivity index is 1.73. The van der Waals surface area contributed by atoms with Crippen molar-refractivity contribution in [2.75, 3.05) is 19.8 Å². The number of H-pyrrole nitrogens is 1. The minimum Gasteiger partial charge on any atom is -0.381 e. The number of carbonyl (C=O) groups is 1. The van der Waals surface area contributed by atoms with Crippen molar-refractivity contribution in [2.45, 2.75) is 6.42 Å². The predicted molar refractivity (Wildman–Crippen MR) is 69.6 cm³/mol. The Hall–Kier alpha value is -1.81. The standard InChI is InChI=1S/C14H16N2O2/c17-14(16-8-10-5-7-18-9-10)12-2-1-3-13-11(12)4-6-15-13/h1-4,6,10,15H,5,7-9H2,(H,16,17). The lowest BCUT2D eigenvalue weighted by Crippen LogP contribution is -2.29. The Bertz CT molecular complexity index is 556. The van der Waals surface area contributed by atoms with Gasteiger partial charge < -0.3 is 15.0 Å². The molecule has 1 amide bonds. The molecule has 1 unspecified atom stereocenters. The molecule has 4 heteroatoms. The summed E-state index contributed by atoms with van der Waals surface area (Å²) in [5.41, 5.74) is 1.72. The fourth-order valence-corrected chi connectivity index (χ4v) is 2.36. The number of benzene rings is 1. The van der Waals surface area contributed by atoms with Gasteiger partial charge >= 0.3 is 0 Å². The normalized spacial score (nSPS) is 19.2. The van der Waals surface area contributed by atoms with Crippen LogP contribution in [0.2, 0.25) is 0 Å². The van der Waals surface area contributed by atoms with Crippen molar-refractivity contribution >= 4 is 16.8 Å². The van der Waals surface area contributed by atoms with Gasteiger partial charge in [0.25, 0.3) is 5.91 Å². The summed E-state index contributed by atoms with van der Waals surface area (Å²) in [4.78, 5) is 15.3. The van der Waals surface area contributed by atoms with Crippen molar-refractivity contribution in [3.8, 4) is 0 Å². The van der Waals surface area contributed by atoms with Crippen molar-refractivity contribution in [1.29, 1.82) is 0 Å². The Labute approximate surface area is 105 Å². The molecule has 2 heterocycles. The topological polar surface area (TPSA) is 54.1 Å². The van der Waals surface area contributed by atoms with Gasteiger partial charge in [0.2, 0.25) is 0 Å². The van der Waals surface area contributed by atoms with Gasteiger partial charge in [-0.2, -0.15) is 0 Å². The van der Waals surface area contributed by atoms with Crippen LogP contribution in [-0.4, -0.2) is 30.6 Å². The molecule has 2 N–H and O–H groups in total. The molecule has 2 aromatic rings. The lowest BCUT2D eigenvalue weighted by Gasteiger charge is -2.10. The molecule has 18 heavy (non-hydrogen) atoms. The van der Waals surface area contributed by atoms with E-state index in [0.29, 0.717) is 12.5 Å². The SMILES string of the molecule is O=C(NCC1CCOC1)c1cccc2[nH]ccc12. The molecule has 1 aliphatic heterocycles. The number of ether oxygens (including phenoxy) is 1. The molecule has 1 aliphatic rings. The number of carbonyl (C=O) groups excluding carboxylic acids is 1. The molecule has 94 valence electrons. The van der Waals surface area contributed by atoms with E-state index in [0.717, 1.165) is 36.1 Å². The summed E-state index contributed by atoms with van der Waals surface area (Å²) in [7, 11) is 0. The maximum absolute atomic E-state index is 12.1. The third-order valence-electron chi connectivity index (χ3n) is 3.41. The van der Waals surface area contributed by atoms with Crippen molar-refractivity contribution in [3.05, 3.63) is 36.0 Å². The summed E-state index contributed by atoms with van der Waals surface area (Å²) < 4.78 is 5.30. The number of nitrogens with one attached hydrogen (secondary N) is 2. The Morgan fingerprint density at radius 3 is 3.22 bits per heavy atom. The van der Waals surface area contributed by atoms with E-state index in [-0.39, 0.29) is 5.91 Å². The van der Waals surface area contributed by atoms with E-state index < -0.39 is 0 Å². The molecule has 1 aromatic heterocycles. The molecule has 0 aliphatic carbocycles. The van der Waals surface area contributed by atoms with Crippen molar-refractivity contribution in [2.24, 2.45) is 5.92 Å². The smallest absolute Gasteiger partial charge is 0.251 e. The Morgan fingerprint density at radius 1 is 1.44 bits per heavy atom. The second-order valence-corrected chi connectivity index (χ2v) is 4.68. The van der Waals surface area contributed by atoms with Crippen LogP contribution in [0, 0.1) is 5.92 Å². The number of rotatable bonds is 3. The first kappa shape index (κ1) is 11.3. The van der Waals surface area contributed by atoms with Gasteiger partial charge in [-0.3, -0.25) is 4.79 Å². The molecular weight excluding hydrogens is 228 g/mol. The second-order valence-electron chi connectivity index (χ2n) is 4.68. The van der Waals surface area contributed by atoms with Crippen LogP contribution in [0.25, 0.3) is 10.9 Å². The van der Waals surface area contributed by atoms with Crippen molar-refractivity contribution < 1.29 is 9.53 Å². The van der Waals surface area contributed by atoms with E-state index >= 15 is 0 Å². The van der Waals surface area contributed by atoms with Crippen LogP contribution in [0.3, 0.4) is 0 Å². The van der Waals surface area contributed by atoms with Crippen LogP contribution in [-0.2, 0) is 4.74 Å². The summed E-state index contributed by atoms with van der Waals surface area (Å²) in [6, 6.07) is 7.66. The van der Waals surface area contributed by atoms with Crippen LogP contribution >= 0.6 is 0 Å². The molecule has 0 spiro atoms. The first-order valence-corrected chi connectivity index (χ1v) is 6.26. The number of hydrogen-bond acceptors (Lipinski definition) is 2. The summed E-state index contributed by atoms with van der Waals surface area (Å²) in [6.45, 7) is 2.27. The van der Waals surface area contributed by atoms with E-state index in [1.54, 1.807) is 0 Å². The Kier molecular flexibility index (Phi) is 3.02. The number of aromatic nitrogens is 1.